The van der Waals surface area contributed by atoms with Gasteiger partial charge >= 0.3 is 6.03 Å². The molecule has 1 atom stereocenters. The van der Waals surface area contributed by atoms with Gasteiger partial charge in [0.2, 0.25) is 15.2 Å². The van der Waals surface area contributed by atoms with Crippen molar-refractivity contribution in [1.82, 2.24) is 39.3 Å². The van der Waals surface area contributed by atoms with Crippen molar-refractivity contribution in [2.45, 2.75) is 99.9 Å². The lowest BCUT2D eigenvalue weighted by molar-refractivity contribution is 0.138. The summed E-state index contributed by atoms with van der Waals surface area (Å²) in [4.78, 5) is 26.5. The SMILES string of the molecule is CC(C)(C)[Si](C)(C)OC1CCN(C(=O)N2CCC(c3ncnc4c3c3ccc(S(=O)(=O)NC5(C#N)CC5)cc3n4-c3nnc(C(F)F)s3)CC2)C1. The molecule has 1 unspecified atom stereocenters. The Morgan fingerprint density at radius 3 is 2.45 bits per heavy atom. The Morgan fingerprint density at radius 1 is 1.12 bits per heavy atom. The van der Waals surface area contributed by atoms with Crippen LogP contribution in [0, 0.1) is 11.3 Å². The zero-order valence-electron chi connectivity index (χ0n) is 29.2. The largest absolute Gasteiger partial charge is 0.412 e. The number of hydrogen-bond donors (Lipinski definition) is 1. The number of sulfonamides is 1. The van der Waals surface area contributed by atoms with E-state index in [0.717, 1.165) is 12.1 Å². The van der Waals surface area contributed by atoms with Crippen molar-refractivity contribution in [3.05, 3.63) is 35.2 Å². The molecule has 3 aromatic heterocycles. The molecule has 18 heteroatoms. The summed E-state index contributed by atoms with van der Waals surface area (Å²) in [5.74, 6) is -0.0479. The van der Waals surface area contributed by atoms with E-state index in [1.54, 1.807) is 10.6 Å². The van der Waals surface area contributed by atoms with Crippen molar-refractivity contribution in [2.75, 3.05) is 26.2 Å². The average molecular weight is 758 g/mol. The van der Waals surface area contributed by atoms with E-state index in [9.17, 15) is 27.3 Å². The minimum absolute atomic E-state index is 0.0112. The predicted molar refractivity (Wildman–Crippen MR) is 190 cm³/mol. The number of carbonyl (C=O) groups is 1. The van der Waals surface area contributed by atoms with E-state index >= 15 is 0 Å². The fraction of sp³-hybridized carbons (Fsp3) is 0.576. The zero-order valence-corrected chi connectivity index (χ0v) is 31.8. The molecule has 5 heterocycles. The molecule has 1 N–H and O–H groups in total. The van der Waals surface area contributed by atoms with Crippen LogP contribution < -0.4 is 4.72 Å². The van der Waals surface area contributed by atoms with E-state index in [0.29, 0.717) is 85.1 Å². The summed E-state index contributed by atoms with van der Waals surface area (Å²) in [5.41, 5.74) is 0.363. The molecule has 7 rings (SSSR count). The molecular formula is C33H41F2N9O4S2Si. The second-order valence-corrected chi connectivity index (χ2v) is 22.7. The second-order valence-electron chi connectivity index (χ2n) is 15.3. The van der Waals surface area contributed by atoms with E-state index in [1.165, 1.54) is 18.5 Å². The Labute approximate surface area is 300 Å². The molecule has 272 valence electrons. The van der Waals surface area contributed by atoms with Gasteiger partial charge in [-0.3, -0.25) is 4.57 Å². The van der Waals surface area contributed by atoms with Crippen LogP contribution in [-0.2, 0) is 14.4 Å². The number of likely N-dealkylation sites (tertiary alicyclic amines) is 2. The van der Waals surface area contributed by atoms with Crippen LogP contribution in [0.15, 0.2) is 29.4 Å². The molecule has 2 saturated heterocycles. The number of nitrogens with zero attached hydrogens (tertiary/aromatic N) is 8. The predicted octanol–water partition coefficient (Wildman–Crippen LogP) is 6.09. The van der Waals surface area contributed by atoms with E-state index < -0.39 is 35.3 Å². The molecule has 1 aliphatic carbocycles. The molecule has 2 aliphatic heterocycles. The van der Waals surface area contributed by atoms with Crippen LogP contribution in [0.1, 0.15) is 75.9 Å². The van der Waals surface area contributed by atoms with Crippen LogP contribution in [0.3, 0.4) is 0 Å². The first-order valence-corrected chi connectivity index (χ1v) is 22.3. The maximum atomic E-state index is 13.6. The number of aromatic nitrogens is 5. The highest BCUT2D eigenvalue weighted by Crippen LogP contribution is 2.42. The molecule has 4 aromatic rings. The van der Waals surface area contributed by atoms with Crippen molar-refractivity contribution in [1.29, 1.82) is 5.26 Å². The zero-order chi connectivity index (χ0) is 36.5. The summed E-state index contributed by atoms with van der Waals surface area (Å²) in [7, 11) is -6.06. The van der Waals surface area contributed by atoms with Crippen molar-refractivity contribution < 1.29 is 26.4 Å². The van der Waals surface area contributed by atoms with Crippen molar-refractivity contribution in [2.24, 2.45) is 0 Å². The third kappa shape index (κ3) is 6.63. The third-order valence-electron chi connectivity index (χ3n) is 10.8. The van der Waals surface area contributed by atoms with Gasteiger partial charge < -0.3 is 14.2 Å². The molecule has 3 aliphatic rings. The van der Waals surface area contributed by atoms with E-state index in [1.807, 2.05) is 15.9 Å². The van der Waals surface area contributed by atoms with Crippen LogP contribution >= 0.6 is 11.3 Å². The number of hydrogen-bond acceptors (Lipinski definition) is 10. The number of nitriles is 1. The topological polar surface area (TPSA) is 159 Å². The van der Waals surface area contributed by atoms with Gasteiger partial charge in [0.1, 0.15) is 11.9 Å². The Balaban J connectivity index is 1.17. The lowest BCUT2D eigenvalue weighted by Gasteiger charge is -2.38. The highest BCUT2D eigenvalue weighted by molar-refractivity contribution is 7.89. The number of alkyl halides is 2. The molecule has 0 radical (unpaired) electrons. The molecule has 1 saturated carbocycles. The lowest BCUT2D eigenvalue weighted by Crippen LogP contribution is -2.47. The highest BCUT2D eigenvalue weighted by Gasteiger charge is 2.47. The number of halogens is 2. The highest BCUT2D eigenvalue weighted by atomic mass is 32.2. The van der Waals surface area contributed by atoms with Crippen LogP contribution in [0.4, 0.5) is 13.6 Å². The molecule has 0 spiro atoms. The van der Waals surface area contributed by atoms with Crippen molar-refractivity contribution in [3.8, 4) is 11.2 Å². The van der Waals surface area contributed by atoms with Crippen molar-refractivity contribution in [3.63, 3.8) is 0 Å². The fourth-order valence-electron chi connectivity index (χ4n) is 6.73. The monoisotopic (exact) mass is 757 g/mol. The number of fused-ring (bicyclic) bond motifs is 3. The first-order valence-electron chi connectivity index (χ1n) is 17.1. The lowest BCUT2D eigenvalue weighted by atomic mass is 9.91. The normalized spacial score (nSPS) is 20.1. The summed E-state index contributed by atoms with van der Waals surface area (Å²) < 4.78 is 64.7. The number of piperidine rings is 1. The van der Waals surface area contributed by atoms with Crippen LogP contribution in [0.25, 0.3) is 27.1 Å². The van der Waals surface area contributed by atoms with Crippen LogP contribution in [0.2, 0.25) is 18.1 Å². The molecular weight excluding hydrogens is 717 g/mol. The van der Waals surface area contributed by atoms with Crippen molar-refractivity contribution >= 4 is 57.6 Å². The molecule has 2 amide bonds. The van der Waals surface area contributed by atoms with Crippen LogP contribution in [-0.4, -0.2) is 95.1 Å². The Kier molecular flexibility index (Phi) is 8.97. The maximum absolute atomic E-state index is 13.6. The maximum Gasteiger partial charge on any atom is 0.320 e. The van der Waals surface area contributed by atoms with Gasteiger partial charge in [-0.05, 0) is 62.4 Å². The number of urea groups is 1. The van der Waals surface area contributed by atoms with Gasteiger partial charge in [0.25, 0.3) is 6.43 Å². The number of amides is 2. The smallest absolute Gasteiger partial charge is 0.320 e. The first kappa shape index (κ1) is 35.8. The van der Waals surface area contributed by atoms with Crippen LogP contribution in [0.5, 0.6) is 0 Å². The minimum atomic E-state index is -4.10. The van der Waals surface area contributed by atoms with Gasteiger partial charge in [0.15, 0.2) is 19.0 Å². The summed E-state index contributed by atoms with van der Waals surface area (Å²) in [6.45, 7) is 13.4. The summed E-state index contributed by atoms with van der Waals surface area (Å²) >= 11 is 0.693. The third-order valence-corrected chi connectivity index (χ3v) is 17.8. The quantitative estimate of drug-likeness (QED) is 0.210. The number of nitrogens with one attached hydrogen (secondary N) is 1. The van der Waals surface area contributed by atoms with Gasteiger partial charge in [0, 0.05) is 42.9 Å². The van der Waals surface area contributed by atoms with E-state index in [4.69, 9.17) is 9.41 Å². The molecule has 51 heavy (non-hydrogen) atoms. The summed E-state index contributed by atoms with van der Waals surface area (Å²) in [6, 6.07) is 6.61. The number of benzene rings is 1. The van der Waals surface area contributed by atoms with Gasteiger partial charge in [-0.2, -0.15) is 9.98 Å². The van der Waals surface area contributed by atoms with Gasteiger partial charge in [-0.1, -0.05) is 38.2 Å². The average Bonchev–Trinajstić information content (AvgIpc) is 3.40. The van der Waals surface area contributed by atoms with E-state index in [-0.39, 0.29) is 33.1 Å². The van der Waals surface area contributed by atoms with E-state index in [2.05, 4.69) is 53.8 Å². The first-order chi connectivity index (χ1) is 24.0. The Hall–Kier alpha value is -3.63. The number of carbonyl (C=O) groups excluding carboxylic acids is 1. The molecule has 1 aromatic carbocycles. The summed E-state index contributed by atoms with van der Waals surface area (Å²) in [6.07, 6.45) is 1.56. The standard InChI is InChI=1S/C33H41F2N9O4S2Si/c1-32(2,3)51(4,5)48-21-10-15-43(17-21)31(45)42-13-8-20(9-14-42)26-25-23-7-6-22(50(46,47)41-33(18-36)11-12-33)16-24(23)44(28(25)38-19-37-26)30-40-39-29(49-30)27(34)35/h6-7,16,19-21,27,41H,8-15,17H2,1-5H3. The molecule has 3 fully saturated rings. The number of rotatable bonds is 8. The van der Waals surface area contributed by atoms with Gasteiger partial charge in [-0.25, -0.2) is 32.0 Å². The van der Waals surface area contributed by atoms with Gasteiger partial charge in [0.05, 0.1) is 28.3 Å². The Bertz CT molecular complexity index is 2150. The molecule has 13 nitrogen and oxygen atoms in total. The minimum Gasteiger partial charge on any atom is -0.412 e. The second kappa shape index (κ2) is 12.8. The van der Waals surface area contributed by atoms with Gasteiger partial charge in [-0.15, -0.1) is 10.2 Å². The molecule has 0 bridgehead atoms. The Morgan fingerprint density at radius 2 is 1.82 bits per heavy atom. The fourth-order valence-corrected chi connectivity index (χ4v) is 10.2. The summed E-state index contributed by atoms with van der Waals surface area (Å²) in [5, 5.41) is 18.2.